The Hall–Kier alpha value is -1.32. The molecule has 1 saturated carbocycles. The van der Waals surface area contributed by atoms with Gasteiger partial charge in [0.15, 0.2) is 0 Å². The van der Waals surface area contributed by atoms with Crippen LogP contribution in [0.25, 0.3) is 0 Å². The normalized spacial score (nSPS) is 16.8. The van der Waals surface area contributed by atoms with Crippen molar-refractivity contribution in [3.8, 4) is 0 Å². The highest BCUT2D eigenvalue weighted by Gasteiger charge is 2.18. The maximum absolute atomic E-state index is 12.0. The topological polar surface area (TPSA) is 55.1 Å². The summed E-state index contributed by atoms with van der Waals surface area (Å²) in [4.78, 5) is 12.0. The smallest absolute Gasteiger partial charge is 0.256 e. The molecule has 2 rings (SSSR count). The number of aromatic nitrogens is 1. The SMILES string of the molecule is Cc1noc(C)c1C(=O)NCCC1CCCCC1. The second-order valence-electron chi connectivity index (χ2n) is 5.25. The van der Waals surface area contributed by atoms with Crippen molar-refractivity contribution in [2.24, 2.45) is 5.92 Å². The van der Waals surface area contributed by atoms with Gasteiger partial charge in [0, 0.05) is 6.54 Å². The van der Waals surface area contributed by atoms with Crippen LogP contribution in [0.1, 0.15) is 60.3 Å². The molecule has 1 aliphatic rings. The van der Waals surface area contributed by atoms with Gasteiger partial charge in [0.25, 0.3) is 5.91 Å². The fourth-order valence-electron chi connectivity index (χ4n) is 2.76. The van der Waals surface area contributed by atoms with Gasteiger partial charge in [0.2, 0.25) is 0 Å². The van der Waals surface area contributed by atoms with Crippen LogP contribution in [0.4, 0.5) is 0 Å². The van der Waals surface area contributed by atoms with Crippen molar-refractivity contribution in [1.82, 2.24) is 10.5 Å². The highest BCUT2D eigenvalue weighted by Crippen LogP contribution is 2.25. The monoisotopic (exact) mass is 250 g/mol. The second kappa shape index (κ2) is 6.03. The molecule has 0 aromatic carbocycles. The zero-order chi connectivity index (χ0) is 13.0. The molecule has 0 bridgehead atoms. The van der Waals surface area contributed by atoms with Crippen molar-refractivity contribution in [3.05, 3.63) is 17.0 Å². The molecule has 100 valence electrons. The number of rotatable bonds is 4. The molecule has 0 unspecified atom stereocenters. The summed E-state index contributed by atoms with van der Waals surface area (Å²) in [6.07, 6.45) is 7.81. The van der Waals surface area contributed by atoms with E-state index in [0.29, 0.717) is 17.0 Å². The van der Waals surface area contributed by atoms with E-state index in [1.54, 1.807) is 13.8 Å². The van der Waals surface area contributed by atoms with Gasteiger partial charge >= 0.3 is 0 Å². The van der Waals surface area contributed by atoms with E-state index in [1.807, 2.05) is 0 Å². The molecule has 1 N–H and O–H groups in total. The third-order valence-electron chi connectivity index (χ3n) is 3.82. The maximum Gasteiger partial charge on any atom is 0.256 e. The van der Waals surface area contributed by atoms with Gasteiger partial charge < -0.3 is 9.84 Å². The Morgan fingerprint density at radius 2 is 2.06 bits per heavy atom. The van der Waals surface area contributed by atoms with E-state index < -0.39 is 0 Å². The van der Waals surface area contributed by atoms with Gasteiger partial charge in [-0.15, -0.1) is 0 Å². The number of nitrogens with one attached hydrogen (secondary N) is 1. The van der Waals surface area contributed by atoms with E-state index in [9.17, 15) is 4.79 Å². The summed E-state index contributed by atoms with van der Waals surface area (Å²) in [5.41, 5.74) is 1.27. The molecular formula is C14H22N2O2. The fraction of sp³-hybridized carbons (Fsp3) is 0.714. The Kier molecular flexibility index (Phi) is 4.39. The quantitative estimate of drug-likeness (QED) is 0.893. The number of carbonyl (C=O) groups is 1. The molecule has 1 fully saturated rings. The third-order valence-corrected chi connectivity index (χ3v) is 3.82. The van der Waals surface area contributed by atoms with Crippen molar-refractivity contribution in [3.63, 3.8) is 0 Å². The minimum Gasteiger partial charge on any atom is -0.361 e. The first-order valence-corrected chi connectivity index (χ1v) is 6.89. The first kappa shape index (κ1) is 13.1. The van der Waals surface area contributed by atoms with Crippen LogP contribution in [0.15, 0.2) is 4.52 Å². The fourth-order valence-corrected chi connectivity index (χ4v) is 2.76. The van der Waals surface area contributed by atoms with E-state index >= 15 is 0 Å². The van der Waals surface area contributed by atoms with E-state index in [-0.39, 0.29) is 5.91 Å². The van der Waals surface area contributed by atoms with E-state index in [1.165, 1.54) is 32.1 Å². The maximum atomic E-state index is 12.0. The van der Waals surface area contributed by atoms with Crippen LogP contribution in [-0.4, -0.2) is 17.6 Å². The van der Waals surface area contributed by atoms with E-state index in [0.717, 1.165) is 18.9 Å². The third kappa shape index (κ3) is 3.12. The highest BCUT2D eigenvalue weighted by molar-refractivity contribution is 5.96. The first-order valence-electron chi connectivity index (χ1n) is 6.89. The Morgan fingerprint density at radius 3 is 2.67 bits per heavy atom. The predicted molar refractivity (Wildman–Crippen MR) is 69.5 cm³/mol. The number of carbonyl (C=O) groups excluding carboxylic acids is 1. The van der Waals surface area contributed by atoms with Gasteiger partial charge in [0.1, 0.15) is 11.3 Å². The molecule has 1 aromatic rings. The summed E-state index contributed by atoms with van der Waals surface area (Å²) in [5.74, 6) is 1.34. The molecule has 1 aromatic heterocycles. The lowest BCUT2D eigenvalue weighted by molar-refractivity contribution is 0.0948. The van der Waals surface area contributed by atoms with E-state index in [2.05, 4.69) is 10.5 Å². The van der Waals surface area contributed by atoms with Gasteiger partial charge in [-0.2, -0.15) is 0 Å². The summed E-state index contributed by atoms with van der Waals surface area (Å²) >= 11 is 0. The first-order chi connectivity index (χ1) is 8.68. The Balaban J connectivity index is 1.78. The van der Waals surface area contributed by atoms with Crippen LogP contribution in [0.2, 0.25) is 0 Å². The standard InChI is InChI=1S/C14H22N2O2/c1-10-13(11(2)18-16-10)14(17)15-9-8-12-6-4-3-5-7-12/h12H,3-9H2,1-2H3,(H,15,17). The molecule has 1 amide bonds. The number of hydrogen-bond donors (Lipinski definition) is 1. The molecule has 0 atom stereocenters. The Labute approximate surface area is 108 Å². The molecule has 0 spiro atoms. The average molecular weight is 250 g/mol. The average Bonchev–Trinajstić information content (AvgIpc) is 2.70. The number of amides is 1. The van der Waals surface area contributed by atoms with Crippen LogP contribution in [0, 0.1) is 19.8 Å². The summed E-state index contributed by atoms with van der Waals surface area (Å²) < 4.78 is 5.00. The molecule has 1 heterocycles. The van der Waals surface area contributed by atoms with Crippen LogP contribution < -0.4 is 5.32 Å². The molecule has 0 saturated heterocycles. The predicted octanol–water partition coefficient (Wildman–Crippen LogP) is 2.99. The Bertz CT molecular complexity index is 386. The van der Waals surface area contributed by atoms with E-state index in [4.69, 9.17) is 4.52 Å². The molecular weight excluding hydrogens is 228 g/mol. The Morgan fingerprint density at radius 1 is 1.33 bits per heavy atom. The lowest BCUT2D eigenvalue weighted by Crippen LogP contribution is -2.27. The zero-order valence-corrected chi connectivity index (χ0v) is 11.3. The molecule has 4 nitrogen and oxygen atoms in total. The van der Waals surface area contributed by atoms with Gasteiger partial charge in [-0.25, -0.2) is 0 Å². The van der Waals surface area contributed by atoms with Gasteiger partial charge in [-0.1, -0.05) is 37.3 Å². The number of aryl methyl sites for hydroxylation is 2. The van der Waals surface area contributed by atoms with Crippen LogP contribution in [0.5, 0.6) is 0 Å². The van der Waals surface area contributed by atoms with Crippen molar-refractivity contribution in [2.45, 2.75) is 52.4 Å². The zero-order valence-electron chi connectivity index (χ0n) is 11.3. The van der Waals surface area contributed by atoms with Crippen LogP contribution in [0.3, 0.4) is 0 Å². The highest BCUT2D eigenvalue weighted by atomic mass is 16.5. The largest absolute Gasteiger partial charge is 0.361 e. The summed E-state index contributed by atoms with van der Waals surface area (Å²) in [5, 5.41) is 6.77. The lowest BCUT2D eigenvalue weighted by Gasteiger charge is -2.21. The number of nitrogens with zero attached hydrogens (tertiary/aromatic N) is 1. The molecule has 0 radical (unpaired) electrons. The summed E-state index contributed by atoms with van der Waals surface area (Å²) in [6, 6.07) is 0. The van der Waals surface area contributed by atoms with Gasteiger partial charge in [-0.3, -0.25) is 4.79 Å². The molecule has 18 heavy (non-hydrogen) atoms. The van der Waals surface area contributed by atoms with Crippen LogP contribution >= 0.6 is 0 Å². The van der Waals surface area contributed by atoms with Gasteiger partial charge in [0.05, 0.1) is 5.69 Å². The number of hydrogen-bond acceptors (Lipinski definition) is 3. The van der Waals surface area contributed by atoms with Crippen molar-refractivity contribution in [1.29, 1.82) is 0 Å². The van der Waals surface area contributed by atoms with Crippen LogP contribution in [-0.2, 0) is 0 Å². The lowest BCUT2D eigenvalue weighted by atomic mass is 9.87. The molecule has 1 aliphatic carbocycles. The summed E-state index contributed by atoms with van der Waals surface area (Å²) in [6.45, 7) is 4.33. The molecule has 4 heteroatoms. The summed E-state index contributed by atoms with van der Waals surface area (Å²) in [7, 11) is 0. The second-order valence-corrected chi connectivity index (χ2v) is 5.25. The van der Waals surface area contributed by atoms with Gasteiger partial charge in [-0.05, 0) is 26.2 Å². The van der Waals surface area contributed by atoms with Crippen molar-refractivity contribution >= 4 is 5.91 Å². The molecule has 0 aliphatic heterocycles. The minimum absolute atomic E-state index is 0.0536. The minimum atomic E-state index is -0.0536. The van der Waals surface area contributed by atoms with Crippen molar-refractivity contribution in [2.75, 3.05) is 6.54 Å². The van der Waals surface area contributed by atoms with Crippen molar-refractivity contribution < 1.29 is 9.32 Å².